The van der Waals surface area contributed by atoms with E-state index in [-0.39, 0.29) is 10.7 Å². The van der Waals surface area contributed by atoms with E-state index < -0.39 is 0 Å². The molecule has 2 N–H and O–H groups in total. The minimum Gasteiger partial charge on any atom is -0.491 e. The molecule has 42 heavy (non-hydrogen) atoms. The van der Waals surface area contributed by atoms with Crippen molar-refractivity contribution in [3.8, 4) is 5.75 Å². The number of esters is 1. The van der Waals surface area contributed by atoms with Gasteiger partial charge in [0.1, 0.15) is 30.3 Å². The molecule has 0 aliphatic carbocycles. The number of H-pyrrole nitrogens is 1. The number of pyridine rings is 1. The number of aryl methyl sites for hydroxylation is 1. The van der Waals surface area contributed by atoms with E-state index in [0.717, 1.165) is 77.2 Å². The van der Waals surface area contributed by atoms with Crippen molar-refractivity contribution in [3.63, 3.8) is 0 Å². The largest absolute Gasteiger partial charge is 0.491 e. The van der Waals surface area contributed by atoms with Gasteiger partial charge < -0.3 is 19.7 Å². The number of carbonyl (C=O) groups excluding carboxylic acids is 1. The van der Waals surface area contributed by atoms with Crippen molar-refractivity contribution in [1.82, 2.24) is 30.0 Å². The fourth-order valence-electron chi connectivity index (χ4n) is 4.70. The molecule has 0 unspecified atom stereocenters. The molecule has 0 amide bonds. The lowest BCUT2D eigenvalue weighted by Crippen LogP contribution is -2.47. The molecule has 12 heteroatoms. The van der Waals surface area contributed by atoms with Crippen molar-refractivity contribution in [2.75, 3.05) is 56.7 Å². The maximum absolute atomic E-state index is 11.7. The molecule has 3 aromatic heterocycles. The standard InChI is InChI=1S/C30H38N8O3S/c1-19-20(2)35-36-27(19)34-28-22-15-25(42-30(3,4)5)24(16-23(22)32-18-33-28)41-14-13-37-9-11-38(12-10-37)26-8-7-21(17-31-26)29(39)40-6/h7-8,15-18H,9-14H2,1-6H3,(H2,32,33,34,35,36). The van der Waals surface area contributed by atoms with Gasteiger partial charge in [0.05, 0.1) is 23.1 Å². The zero-order valence-corrected chi connectivity index (χ0v) is 25.8. The summed E-state index contributed by atoms with van der Waals surface area (Å²) < 4.78 is 11.2. The van der Waals surface area contributed by atoms with Crippen LogP contribution in [0.3, 0.4) is 0 Å². The van der Waals surface area contributed by atoms with Crippen molar-refractivity contribution < 1.29 is 14.3 Å². The second kappa shape index (κ2) is 12.5. The SMILES string of the molecule is COC(=O)c1ccc(N2CCN(CCOc3cc4ncnc(Nc5n[nH]c(C)c5C)c4cc3SC(C)(C)C)CC2)nc1. The zero-order chi connectivity index (χ0) is 29.9. The third kappa shape index (κ3) is 6.93. The maximum atomic E-state index is 11.7. The Labute approximate surface area is 250 Å². The van der Waals surface area contributed by atoms with Gasteiger partial charge in [-0.05, 0) is 32.0 Å². The molecule has 0 bridgehead atoms. The number of hydrogen-bond donors (Lipinski definition) is 2. The topological polar surface area (TPSA) is 121 Å². The summed E-state index contributed by atoms with van der Waals surface area (Å²) in [7, 11) is 1.37. The predicted molar refractivity (Wildman–Crippen MR) is 166 cm³/mol. The number of nitrogens with one attached hydrogen (secondary N) is 2. The van der Waals surface area contributed by atoms with Crippen LogP contribution in [0, 0.1) is 13.8 Å². The minimum absolute atomic E-state index is 0.00959. The van der Waals surface area contributed by atoms with Gasteiger partial charge in [0.15, 0.2) is 5.82 Å². The van der Waals surface area contributed by atoms with Crippen LogP contribution in [-0.4, -0.2) is 87.2 Å². The molecular formula is C30H38N8O3S. The average molecular weight is 591 g/mol. The molecule has 222 valence electrons. The van der Waals surface area contributed by atoms with Crippen LogP contribution in [0.4, 0.5) is 17.5 Å². The van der Waals surface area contributed by atoms with E-state index in [1.54, 1.807) is 30.4 Å². The Kier molecular flexibility index (Phi) is 8.83. The van der Waals surface area contributed by atoms with Crippen LogP contribution in [0.5, 0.6) is 5.75 Å². The highest BCUT2D eigenvalue weighted by Crippen LogP contribution is 2.41. The van der Waals surface area contributed by atoms with Crippen LogP contribution in [0.1, 0.15) is 42.4 Å². The second-order valence-electron chi connectivity index (χ2n) is 11.3. The van der Waals surface area contributed by atoms with Gasteiger partial charge in [-0.2, -0.15) is 5.10 Å². The molecule has 11 nitrogen and oxygen atoms in total. The van der Waals surface area contributed by atoms with E-state index in [0.29, 0.717) is 18.0 Å². The van der Waals surface area contributed by atoms with Gasteiger partial charge in [0, 0.05) is 66.4 Å². The molecule has 4 aromatic rings. The van der Waals surface area contributed by atoms with Gasteiger partial charge >= 0.3 is 5.97 Å². The third-order valence-electron chi connectivity index (χ3n) is 7.14. The number of thioether (sulfide) groups is 1. The van der Waals surface area contributed by atoms with E-state index in [4.69, 9.17) is 9.47 Å². The van der Waals surface area contributed by atoms with Crippen LogP contribution in [0.2, 0.25) is 0 Å². The maximum Gasteiger partial charge on any atom is 0.339 e. The molecule has 0 atom stereocenters. The third-order valence-corrected chi connectivity index (χ3v) is 8.29. The molecule has 0 radical (unpaired) electrons. The van der Waals surface area contributed by atoms with Crippen LogP contribution in [0.15, 0.2) is 41.7 Å². The lowest BCUT2D eigenvalue weighted by molar-refractivity contribution is 0.0600. The number of carbonyl (C=O) groups is 1. The summed E-state index contributed by atoms with van der Waals surface area (Å²) in [5, 5.41) is 11.7. The minimum atomic E-state index is -0.377. The van der Waals surface area contributed by atoms with Gasteiger partial charge in [0.2, 0.25) is 0 Å². The van der Waals surface area contributed by atoms with E-state index in [1.807, 2.05) is 26.0 Å². The van der Waals surface area contributed by atoms with Gasteiger partial charge in [-0.25, -0.2) is 19.7 Å². The molecule has 1 aromatic carbocycles. The number of aromatic amines is 1. The molecule has 1 saturated heterocycles. The molecule has 0 spiro atoms. The Hall–Kier alpha value is -3.90. The van der Waals surface area contributed by atoms with Gasteiger partial charge in [0.25, 0.3) is 0 Å². The highest BCUT2D eigenvalue weighted by Gasteiger charge is 2.21. The molecule has 1 fully saturated rings. The van der Waals surface area contributed by atoms with Crippen molar-refractivity contribution in [2.24, 2.45) is 0 Å². The number of benzene rings is 1. The molecule has 0 saturated carbocycles. The number of nitrogens with zero attached hydrogens (tertiary/aromatic N) is 6. The van der Waals surface area contributed by atoms with Gasteiger partial charge in [-0.1, -0.05) is 20.8 Å². The number of aromatic nitrogens is 5. The van der Waals surface area contributed by atoms with Crippen LogP contribution in [-0.2, 0) is 4.74 Å². The van der Waals surface area contributed by atoms with Crippen molar-refractivity contribution in [3.05, 3.63) is 53.6 Å². The molecule has 4 heterocycles. The molecular weight excluding hydrogens is 552 g/mol. The van der Waals surface area contributed by atoms with Gasteiger partial charge in [-0.3, -0.25) is 10.00 Å². The van der Waals surface area contributed by atoms with E-state index in [1.165, 1.54) is 7.11 Å². The summed E-state index contributed by atoms with van der Waals surface area (Å²) in [6.07, 6.45) is 3.14. The highest BCUT2D eigenvalue weighted by atomic mass is 32.2. The molecule has 1 aliphatic rings. The summed E-state index contributed by atoms with van der Waals surface area (Å²) in [6.45, 7) is 15.5. The van der Waals surface area contributed by atoms with Crippen LogP contribution >= 0.6 is 11.8 Å². The fraction of sp³-hybridized carbons (Fsp3) is 0.433. The normalized spacial score (nSPS) is 14.3. The van der Waals surface area contributed by atoms with Crippen LogP contribution in [0.25, 0.3) is 10.9 Å². The van der Waals surface area contributed by atoms with Gasteiger partial charge in [-0.15, -0.1) is 11.8 Å². The Bertz CT molecular complexity index is 1540. The number of fused-ring (bicyclic) bond motifs is 1. The Morgan fingerprint density at radius 2 is 1.86 bits per heavy atom. The Morgan fingerprint density at radius 1 is 1.07 bits per heavy atom. The van der Waals surface area contributed by atoms with Crippen molar-refractivity contribution in [1.29, 1.82) is 0 Å². The monoisotopic (exact) mass is 590 g/mol. The quantitative estimate of drug-likeness (QED) is 0.203. The average Bonchev–Trinajstić information content (AvgIpc) is 3.29. The van der Waals surface area contributed by atoms with E-state index in [9.17, 15) is 4.79 Å². The van der Waals surface area contributed by atoms with Crippen LogP contribution < -0.4 is 15.0 Å². The smallest absolute Gasteiger partial charge is 0.339 e. The van der Waals surface area contributed by atoms with E-state index >= 15 is 0 Å². The number of anilines is 3. The summed E-state index contributed by atoms with van der Waals surface area (Å²) in [6, 6.07) is 7.77. The summed E-state index contributed by atoms with van der Waals surface area (Å²) in [5.41, 5.74) is 3.34. The Balaban J connectivity index is 1.24. The lowest BCUT2D eigenvalue weighted by atomic mass is 10.2. The number of piperazine rings is 1. The second-order valence-corrected chi connectivity index (χ2v) is 13.1. The number of ether oxygens (including phenoxy) is 2. The molecule has 5 rings (SSSR count). The first kappa shape index (κ1) is 29.6. The molecule has 1 aliphatic heterocycles. The summed E-state index contributed by atoms with van der Waals surface area (Å²) in [4.78, 5) is 30.9. The first-order valence-electron chi connectivity index (χ1n) is 14.0. The first-order chi connectivity index (χ1) is 20.1. The first-order valence-corrected chi connectivity index (χ1v) is 14.8. The summed E-state index contributed by atoms with van der Waals surface area (Å²) >= 11 is 1.77. The summed E-state index contributed by atoms with van der Waals surface area (Å²) in [5.74, 6) is 2.79. The zero-order valence-electron chi connectivity index (χ0n) is 25.0. The lowest BCUT2D eigenvalue weighted by Gasteiger charge is -2.35. The van der Waals surface area contributed by atoms with E-state index in [2.05, 4.69) is 67.1 Å². The fourth-order valence-corrected chi connectivity index (χ4v) is 5.76. The number of methoxy groups -OCH3 is 1. The number of rotatable bonds is 9. The predicted octanol–water partition coefficient (Wildman–Crippen LogP) is 4.99. The highest BCUT2D eigenvalue weighted by molar-refractivity contribution is 8.00. The number of hydrogen-bond acceptors (Lipinski definition) is 11. The van der Waals surface area contributed by atoms with Crippen molar-refractivity contribution >= 4 is 46.1 Å². The Morgan fingerprint density at radius 3 is 2.50 bits per heavy atom. The van der Waals surface area contributed by atoms with Crippen molar-refractivity contribution in [2.45, 2.75) is 44.3 Å².